The molecule has 5 heteroatoms. The lowest BCUT2D eigenvalue weighted by Crippen LogP contribution is -2.38. The number of nitrogens with zero attached hydrogens (tertiary/aromatic N) is 1. The van der Waals surface area contributed by atoms with E-state index in [-0.39, 0.29) is 11.5 Å². The molecule has 1 amide bonds. The molecule has 102 valence electrons. The first-order valence-electron chi connectivity index (χ1n) is 6.82. The quantitative estimate of drug-likeness (QED) is 0.887. The van der Waals surface area contributed by atoms with E-state index in [1.54, 1.807) is 4.90 Å². The Morgan fingerprint density at radius 3 is 2.47 bits per heavy atom. The van der Waals surface area contributed by atoms with Crippen LogP contribution in [-0.2, 0) is 5.67 Å². The van der Waals surface area contributed by atoms with Gasteiger partial charge in [-0.2, -0.15) is 0 Å². The van der Waals surface area contributed by atoms with E-state index < -0.39 is 11.2 Å². The molecule has 0 unspecified atom stereocenters. The van der Waals surface area contributed by atoms with E-state index in [4.69, 9.17) is 0 Å². The Morgan fingerprint density at radius 2 is 1.89 bits per heavy atom. The van der Waals surface area contributed by atoms with Crippen LogP contribution >= 0.6 is 0 Å². The number of carbonyl (C=O) groups excluding carboxylic acids is 1. The van der Waals surface area contributed by atoms with Crippen molar-refractivity contribution in [1.29, 1.82) is 0 Å². The lowest BCUT2D eigenvalue weighted by atomic mass is 10.1. The largest absolute Gasteiger partial charge is 0.338 e. The second-order valence-electron chi connectivity index (χ2n) is 5.43. The number of amides is 1. The highest BCUT2D eigenvalue weighted by Crippen LogP contribution is 2.48. The highest BCUT2D eigenvalue weighted by Gasteiger charge is 2.46. The molecule has 3 rings (SSSR count). The first-order chi connectivity index (χ1) is 9.10. The van der Waals surface area contributed by atoms with Crippen LogP contribution in [0.25, 0.3) is 0 Å². The molecule has 1 aliphatic carbocycles. The summed E-state index contributed by atoms with van der Waals surface area (Å²) in [6.07, 6.45) is 3.98. The summed E-state index contributed by atoms with van der Waals surface area (Å²) in [6, 6.07) is 3.00. The molecule has 1 aromatic heterocycles. The number of halogens is 1. The minimum atomic E-state index is -1.37. The molecule has 2 heterocycles. The Balaban J connectivity index is 1.84. The Hall–Kier alpha value is -1.65. The molecule has 2 aliphatic rings. The standard InChI is InChI=1S/C14H17FN2O2/c15-14(6-7-14)11-5-4-10(12(18)16-11)13(19)17-8-2-1-3-9-17/h4-5H,1-3,6-9H2,(H,16,18). The van der Waals surface area contributed by atoms with Gasteiger partial charge >= 0.3 is 0 Å². The molecule has 0 radical (unpaired) electrons. The molecule has 1 saturated carbocycles. The Bertz CT molecular complexity index is 557. The van der Waals surface area contributed by atoms with Gasteiger partial charge in [-0.15, -0.1) is 0 Å². The number of piperidine rings is 1. The van der Waals surface area contributed by atoms with E-state index >= 15 is 0 Å². The van der Waals surface area contributed by atoms with E-state index in [2.05, 4.69) is 4.98 Å². The van der Waals surface area contributed by atoms with Crippen molar-refractivity contribution in [3.63, 3.8) is 0 Å². The number of aromatic nitrogens is 1. The fourth-order valence-electron chi connectivity index (χ4n) is 2.55. The highest BCUT2D eigenvalue weighted by atomic mass is 19.1. The zero-order valence-electron chi connectivity index (χ0n) is 10.7. The minimum absolute atomic E-state index is 0.120. The predicted octanol–water partition coefficient (Wildman–Crippen LogP) is 1.96. The van der Waals surface area contributed by atoms with Gasteiger partial charge in [-0.25, -0.2) is 4.39 Å². The molecule has 4 nitrogen and oxygen atoms in total. The second-order valence-corrected chi connectivity index (χ2v) is 5.43. The molecule has 1 aliphatic heterocycles. The van der Waals surface area contributed by atoms with Crippen molar-refractivity contribution in [2.75, 3.05) is 13.1 Å². The van der Waals surface area contributed by atoms with Crippen LogP contribution in [0.4, 0.5) is 4.39 Å². The summed E-state index contributed by atoms with van der Waals surface area (Å²) in [7, 11) is 0. The normalized spacial score (nSPS) is 21.2. The van der Waals surface area contributed by atoms with E-state index in [1.807, 2.05) is 0 Å². The third-order valence-corrected chi connectivity index (χ3v) is 3.95. The number of aromatic amines is 1. The molecule has 0 bridgehead atoms. The third-order valence-electron chi connectivity index (χ3n) is 3.95. The molecule has 1 saturated heterocycles. The van der Waals surface area contributed by atoms with Crippen molar-refractivity contribution in [2.45, 2.75) is 37.8 Å². The van der Waals surface area contributed by atoms with E-state index in [1.165, 1.54) is 12.1 Å². The summed E-state index contributed by atoms with van der Waals surface area (Å²) in [5.41, 5.74) is -1.43. The number of nitrogens with one attached hydrogen (secondary N) is 1. The molecule has 1 aromatic rings. The van der Waals surface area contributed by atoms with Crippen molar-refractivity contribution >= 4 is 5.91 Å². The Kier molecular flexibility index (Phi) is 2.92. The van der Waals surface area contributed by atoms with Gasteiger partial charge in [0.05, 0.1) is 5.69 Å². The first-order valence-corrected chi connectivity index (χ1v) is 6.82. The van der Waals surface area contributed by atoms with Crippen molar-refractivity contribution in [3.05, 3.63) is 33.7 Å². The van der Waals surface area contributed by atoms with Crippen molar-refractivity contribution in [2.24, 2.45) is 0 Å². The van der Waals surface area contributed by atoms with E-state index in [0.717, 1.165) is 19.3 Å². The topological polar surface area (TPSA) is 53.2 Å². The third kappa shape index (κ3) is 2.29. The van der Waals surface area contributed by atoms with Crippen molar-refractivity contribution < 1.29 is 9.18 Å². The van der Waals surface area contributed by atoms with Crippen LogP contribution in [0, 0.1) is 0 Å². The van der Waals surface area contributed by atoms with Gasteiger partial charge in [0.1, 0.15) is 5.56 Å². The maximum Gasteiger partial charge on any atom is 0.261 e. The van der Waals surface area contributed by atoms with Gasteiger partial charge in [0.25, 0.3) is 11.5 Å². The van der Waals surface area contributed by atoms with Crippen molar-refractivity contribution in [3.8, 4) is 0 Å². The van der Waals surface area contributed by atoms with E-state index in [9.17, 15) is 14.0 Å². The molecule has 1 N–H and O–H groups in total. The number of rotatable bonds is 2. The molecule has 19 heavy (non-hydrogen) atoms. The van der Waals surface area contributed by atoms with Gasteiger partial charge < -0.3 is 9.88 Å². The van der Waals surface area contributed by atoms with Gasteiger partial charge in [-0.1, -0.05) is 0 Å². The van der Waals surface area contributed by atoms with Gasteiger partial charge in [0, 0.05) is 13.1 Å². The molecular formula is C14H17FN2O2. The van der Waals surface area contributed by atoms with Crippen LogP contribution in [-0.4, -0.2) is 28.9 Å². The van der Waals surface area contributed by atoms with Crippen LogP contribution in [0.15, 0.2) is 16.9 Å². The fourth-order valence-corrected chi connectivity index (χ4v) is 2.55. The van der Waals surface area contributed by atoms with Crippen LogP contribution in [0.5, 0.6) is 0 Å². The smallest absolute Gasteiger partial charge is 0.261 e. The number of alkyl halides is 1. The lowest BCUT2D eigenvalue weighted by Gasteiger charge is -2.26. The summed E-state index contributed by atoms with van der Waals surface area (Å²) in [4.78, 5) is 28.4. The minimum Gasteiger partial charge on any atom is -0.338 e. The molecule has 0 aromatic carbocycles. The number of carbonyl (C=O) groups is 1. The maximum atomic E-state index is 13.8. The van der Waals surface area contributed by atoms with Crippen LogP contribution < -0.4 is 5.56 Å². The first kappa shape index (κ1) is 12.4. The van der Waals surface area contributed by atoms with Crippen LogP contribution in [0.1, 0.15) is 48.2 Å². The lowest BCUT2D eigenvalue weighted by molar-refractivity contribution is 0.0722. The Labute approximate surface area is 110 Å². The summed E-state index contributed by atoms with van der Waals surface area (Å²) >= 11 is 0. The second kappa shape index (κ2) is 4.47. The SMILES string of the molecule is O=C(c1ccc(C2(F)CC2)[nH]c1=O)N1CCCCC1. The average molecular weight is 264 g/mol. The maximum absolute atomic E-state index is 13.8. The number of pyridine rings is 1. The Morgan fingerprint density at radius 1 is 1.21 bits per heavy atom. The zero-order valence-corrected chi connectivity index (χ0v) is 10.7. The zero-order chi connectivity index (χ0) is 13.5. The van der Waals surface area contributed by atoms with Gasteiger partial charge in [0.2, 0.25) is 0 Å². The van der Waals surface area contributed by atoms with Gasteiger partial charge in [0.15, 0.2) is 5.67 Å². The summed E-state index contributed by atoms with van der Waals surface area (Å²) in [5, 5.41) is 0. The van der Waals surface area contributed by atoms with Crippen LogP contribution in [0.3, 0.4) is 0 Å². The number of H-pyrrole nitrogens is 1. The number of likely N-dealkylation sites (tertiary alicyclic amines) is 1. The van der Waals surface area contributed by atoms with Gasteiger partial charge in [-0.3, -0.25) is 9.59 Å². The molecule has 2 fully saturated rings. The fraction of sp³-hybridized carbons (Fsp3) is 0.571. The molecule has 0 spiro atoms. The summed E-state index contributed by atoms with van der Waals surface area (Å²) < 4.78 is 13.8. The predicted molar refractivity (Wildman–Crippen MR) is 68.8 cm³/mol. The van der Waals surface area contributed by atoms with E-state index in [0.29, 0.717) is 31.6 Å². The summed E-state index contributed by atoms with van der Waals surface area (Å²) in [6.45, 7) is 1.40. The summed E-state index contributed by atoms with van der Waals surface area (Å²) in [5.74, 6) is -0.240. The highest BCUT2D eigenvalue weighted by molar-refractivity contribution is 5.93. The van der Waals surface area contributed by atoms with Gasteiger partial charge in [-0.05, 0) is 44.2 Å². The van der Waals surface area contributed by atoms with Crippen molar-refractivity contribution in [1.82, 2.24) is 9.88 Å². The average Bonchev–Trinajstić information content (AvgIpc) is 3.18. The molecular weight excluding hydrogens is 247 g/mol. The molecule has 0 atom stereocenters. The number of hydrogen-bond donors (Lipinski definition) is 1. The number of hydrogen-bond acceptors (Lipinski definition) is 2. The van der Waals surface area contributed by atoms with Crippen LogP contribution in [0.2, 0.25) is 0 Å². The monoisotopic (exact) mass is 264 g/mol.